The molecule has 0 radical (unpaired) electrons. The van der Waals surface area contributed by atoms with Crippen LogP contribution in [0.5, 0.6) is 0 Å². The fourth-order valence-corrected chi connectivity index (χ4v) is 2.82. The Bertz CT molecular complexity index is 475. The van der Waals surface area contributed by atoms with Gasteiger partial charge in [-0.25, -0.2) is 9.18 Å². The molecule has 98 valence electrons. The van der Waals surface area contributed by atoms with Gasteiger partial charge in [-0.2, -0.15) is 0 Å². The third kappa shape index (κ3) is 1.76. The zero-order valence-electron chi connectivity index (χ0n) is 11.1. The Kier molecular flexibility index (Phi) is 3.05. The molecular formula is C14H18FNO2. The molecule has 4 heteroatoms. The van der Waals surface area contributed by atoms with Crippen LogP contribution < -0.4 is 5.32 Å². The van der Waals surface area contributed by atoms with E-state index in [9.17, 15) is 9.18 Å². The molecule has 0 saturated heterocycles. The number of hydrogen-bond acceptors (Lipinski definition) is 2. The molecule has 0 aromatic heterocycles. The van der Waals surface area contributed by atoms with Crippen LogP contribution in [0, 0.1) is 17.7 Å². The Balaban J connectivity index is 2.68. The average Bonchev–Trinajstić information content (AvgIpc) is 2.27. The van der Waals surface area contributed by atoms with Crippen LogP contribution in [0.3, 0.4) is 0 Å². The summed E-state index contributed by atoms with van der Waals surface area (Å²) in [6.45, 7) is 7.92. The zero-order valence-corrected chi connectivity index (χ0v) is 11.1. The normalized spacial score (nSPS) is 17.4. The quantitative estimate of drug-likeness (QED) is 0.865. The number of fused-ring (bicyclic) bond motifs is 1. The van der Waals surface area contributed by atoms with Gasteiger partial charge in [0, 0.05) is 5.56 Å². The van der Waals surface area contributed by atoms with Crippen molar-refractivity contribution in [2.45, 2.75) is 33.3 Å². The summed E-state index contributed by atoms with van der Waals surface area (Å²) in [6, 6.07) is 4.38. The number of carbonyl (C=O) groups excluding carboxylic acids is 1. The summed E-state index contributed by atoms with van der Waals surface area (Å²) in [5.74, 6) is -0.202. The molecule has 1 N–H and O–H groups in total. The predicted octanol–water partition coefficient (Wildman–Crippen LogP) is 3.90. The Morgan fingerprint density at radius 1 is 1.22 bits per heavy atom. The molecule has 1 heterocycles. The van der Waals surface area contributed by atoms with Crippen molar-refractivity contribution in [3.8, 4) is 0 Å². The molecule has 0 bridgehead atoms. The highest BCUT2D eigenvalue weighted by Gasteiger charge is 2.47. The van der Waals surface area contributed by atoms with Gasteiger partial charge in [-0.3, -0.25) is 5.32 Å². The molecule has 0 aliphatic carbocycles. The van der Waals surface area contributed by atoms with Gasteiger partial charge in [-0.05, 0) is 30.0 Å². The third-order valence-corrected chi connectivity index (χ3v) is 3.62. The fraction of sp³-hybridized carbons (Fsp3) is 0.500. The molecule has 1 aromatic rings. The van der Waals surface area contributed by atoms with Crippen molar-refractivity contribution in [3.05, 3.63) is 29.6 Å². The topological polar surface area (TPSA) is 38.3 Å². The highest BCUT2D eigenvalue weighted by atomic mass is 19.1. The summed E-state index contributed by atoms with van der Waals surface area (Å²) in [7, 11) is 0. The molecule has 0 fully saturated rings. The van der Waals surface area contributed by atoms with Gasteiger partial charge in [0.05, 0.1) is 5.69 Å². The van der Waals surface area contributed by atoms with Crippen molar-refractivity contribution in [2.75, 3.05) is 5.32 Å². The first-order valence-electron chi connectivity index (χ1n) is 6.18. The highest BCUT2D eigenvalue weighted by Crippen LogP contribution is 2.46. The molecule has 0 unspecified atom stereocenters. The predicted molar refractivity (Wildman–Crippen MR) is 67.9 cm³/mol. The molecule has 0 atom stereocenters. The second-order valence-corrected chi connectivity index (χ2v) is 5.31. The summed E-state index contributed by atoms with van der Waals surface area (Å²) >= 11 is 0. The molecule has 0 spiro atoms. The van der Waals surface area contributed by atoms with Crippen LogP contribution in [-0.2, 0) is 10.3 Å². The molecule has 1 amide bonds. The van der Waals surface area contributed by atoms with Crippen LogP contribution in [0.25, 0.3) is 0 Å². The number of nitrogens with one attached hydrogen (secondary N) is 1. The van der Waals surface area contributed by atoms with E-state index < -0.39 is 11.7 Å². The van der Waals surface area contributed by atoms with Crippen LogP contribution in [0.15, 0.2) is 18.2 Å². The first-order chi connectivity index (χ1) is 8.37. The number of carbonyl (C=O) groups is 1. The molecular weight excluding hydrogens is 233 g/mol. The third-order valence-electron chi connectivity index (χ3n) is 3.62. The van der Waals surface area contributed by atoms with E-state index in [-0.39, 0.29) is 17.7 Å². The first kappa shape index (κ1) is 12.9. The highest BCUT2D eigenvalue weighted by molar-refractivity contribution is 5.88. The summed E-state index contributed by atoms with van der Waals surface area (Å²) in [4.78, 5) is 11.7. The second-order valence-electron chi connectivity index (χ2n) is 5.31. The summed E-state index contributed by atoms with van der Waals surface area (Å²) < 4.78 is 19.1. The maximum atomic E-state index is 13.5. The van der Waals surface area contributed by atoms with Crippen molar-refractivity contribution >= 4 is 11.8 Å². The molecule has 18 heavy (non-hydrogen) atoms. The maximum absolute atomic E-state index is 13.5. The monoisotopic (exact) mass is 251 g/mol. The Morgan fingerprint density at radius 3 is 2.39 bits per heavy atom. The van der Waals surface area contributed by atoms with E-state index in [4.69, 9.17) is 4.74 Å². The van der Waals surface area contributed by atoms with E-state index in [0.717, 1.165) is 0 Å². The van der Waals surface area contributed by atoms with Gasteiger partial charge in [-0.15, -0.1) is 0 Å². The van der Waals surface area contributed by atoms with Crippen LogP contribution in [0.2, 0.25) is 0 Å². The lowest BCUT2D eigenvalue weighted by Crippen LogP contribution is -2.47. The van der Waals surface area contributed by atoms with E-state index in [1.54, 1.807) is 6.07 Å². The molecule has 1 aliphatic rings. The number of anilines is 1. The van der Waals surface area contributed by atoms with Crippen molar-refractivity contribution in [3.63, 3.8) is 0 Å². The largest absolute Gasteiger partial charge is 0.437 e. The molecule has 3 nitrogen and oxygen atoms in total. The van der Waals surface area contributed by atoms with Crippen LogP contribution in [0.4, 0.5) is 14.9 Å². The van der Waals surface area contributed by atoms with Gasteiger partial charge in [-0.1, -0.05) is 27.7 Å². The number of rotatable bonds is 2. The van der Waals surface area contributed by atoms with Crippen molar-refractivity contribution in [2.24, 2.45) is 11.8 Å². The van der Waals surface area contributed by atoms with Crippen molar-refractivity contribution in [1.82, 2.24) is 0 Å². The fourth-order valence-electron chi connectivity index (χ4n) is 2.82. The number of halogens is 1. The number of benzene rings is 1. The van der Waals surface area contributed by atoms with Gasteiger partial charge in [0.25, 0.3) is 0 Å². The minimum atomic E-state index is -0.778. The molecule has 0 saturated carbocycles. The SMILES string of the molecule is CC(C)C1(C(C)C)OC(=O)Nc2ccc(F)cc21. The molecule has 1 aromatic carbocycles. The minimum absolute atomic E-state index is 0.0594. The summed E-state index contributed by atoms with van der Waals surface area (Å²) in [5, 5.41) is 2.62. The van der Waals surface area contributed by atoms with Gasteiger partial charge < -0.3 is 4.74 Å². The number of cyclic esters (lactones) is 1. The van der Waals surface area contributed by atoms with Crippen molar-refractivity contribution in [1.29, 1.82) is 0 Å². The standard InChI is InChI=1S/C14H18FNO2/c1-8(2)14(9(3)4)11-7-10(15)5-6-12(11)16-13(17)18-14/h5-9H,1-4H3,(H,16,17). The number of ether oxygens (including phenoxy) is 1. The average molecular weight is 251 g/mol. The van der Waals surface area contributed by atoms with E-state index in [1.807, 2.05) is 27.7 Å². The van der Waals surface area contributed by atoms with E-state index in [1.165, 1.54) is 12.1 Å². The van der Waals surface area contributed by atoms with Crippen LogP contribution in [-0.4, -0.2) is 6.09 Å². The lowest BCUT2D eigenvalue weighted by molar-refractivity contribution is -0.0631. The maximum Gasteiger partial charge on any atom is 0.412 e. The Labute approximate surface area is 106 Å². The summed E-state index contributed by atoms with van der Waals surface area (Å²) in [5.41, 5.74) is 0.571. The minimum Gasteiger partial charge on any atom is -0.437 e. The van der Waals surface area contributed by atoms with Crippen LogP contribution in [0.1, 0.15) is 33.3 Å². The number of hydrogen-bond donors (Lipinski definition) is 1. The Morgan fingerprint density at radius 2 is 1.83 bits per heavy atom. The van der Waals surface area contributed by atoms with E-state index >= 15 is 0 Å². The number of amides is 1. The smallest absolute Gasteiger partial charge is 0.412 e. The Hall–Kier alpha value is -1.58. The second kappa shape index (κ2) is 4.26. The van der Waals surface area contributed by atoms with E-state index in [2.05, 4.69) is 5.32 Å². The van der Waals surface area contributed by atoms with Gasteiger partial charge >= 0.3 is 6.09 Å². The zero-order chi connectivity index (χ0) is 13.5. The van der Waals surface area contributed by atoms with Gasteiger partial charge in [0.15, 0.2) is 0 Å². The first-order valence-corrected chi connectivity index (χ1v) is 6.18. The van der Waals surface area contributed by atoms with E-state index in [0.29, 0.717) is 11.3 Å². The van der Waals surface area contributed by atoms with Gasteiger partial charge in [0.1, 0.15) is 11.4 Å². The van der Waals surface area contributed by atoms with Gasteiger partial charge in [0.2, 0.25) is 0 Å². The molecule has 1 aliphatic heterocycles. The lowest BCUT2D eigenvalue weighted by Gasteiger charge is -2.44. The van der Waals surface area contributed by atoms with Crippen LogP contribution >= 0.6 is 0 Å². The van der Waals surface area contributed by atoms with Crippen molar-refractivity contribution < 1.29 is 13.9 Å². The lowest BCUT2D eigenvalue weighted by atomic mass is 9.73. The summed E-state index contributed by atoms with van der Waals surface area (Å²) in [6.07, 6.45) is -0.475. The molecule has 2 rings (SSSR count).